The fourth-order valence-corrected chi connectivity index (χ4v) is 3.77. The molecule has 2 saturated heterocycles. The fraction of sp³-hybridized carbons (Fsp3) is 0.471. The summed E-state index contributed by atoms with van der Waals surface area (Å²) < 4.78 is 5.62. The molecule has 1 spiro atoms. The lowest BCUT2D eigenvalue weighted by Crippen LogP contribution is -2.29. The molecule has 2 aliphatic heterocycles. The van der Waals surface area contributed by atoms with Gasteiger partial charge in [0.2, 0.25) is 5.89 Å². The van der Waals surface area contributed by atoms with Crippen molar-refractivity contribution >= 4 is 24.0 Å². The highest BCUT2D eigenvalue weighted by atomic mass is 35.5. The normalized spacial score (nSPS) is 24.2. The lowest BCUT2D eigenvalue weighted by atomic mass is 9.87. The third-order valence-electron chi connectivity index (χ3n) is 4.88. The second kappa shape index (κ2) is 6.81. The SMILES string of the molecule is Cl.Clc1ccc(-c2nc(CN3CCC4(CCNC4)C3)co2)cc1. The maximum atomic E-state index is 5.91. The molecule has 4 rings (SSSR count). The number of benzene rings is 1. The number of aromatic nitrogens is 1. The number of likely N-dealkylation sites (tertiary alicyclic amines) is 1. The fourth-order valence-electron chi connectivity index (χ4n) is 3.64. The molecule has 1 N–H and O–H groups in total. The Kier molecular flexibility index (Phi) is 4.97. The van der Waals surface area contributed by atoms with Gasteiger partial charge in [-0.2, -0.15) is 0 Å². The van der Waals surface area contributed by atoms with Crippen molar-refractivity contribution in [2.24, 2.45) is 5.41 Å². The van der Waals surface area contributed by atoms with Crippen LogP contribution in [0.1, 0.15) is 18.5 Å². The Morgan fingerprint density at radius 3 is 2.83 bits per heavy atom. The van der Waals surface area contributed by atoms with Crippen molar-refractivity contribution in [3.63, 3.8) is 0 Å². The van der Waals surface area contributed by atoms with Gasteiger partial charge in [0.05, 0.1) is 5.69 Å². The molecule has 6 heteroatoms. The number of halogens is 2. The lowest BCUT2D eigenvalue weighted by Gasteiger charge is -2.22. The molecule has 1 unspecified atom stereocenters. The van der Waals surface area contributed by atoms with Crippen LogP contribution in [-0.2, 0) is 6.54 Å². The van der Waals surface area contributed by atoms with Gasteiger partial charge in [-0.15, -0.1) is 12.4 Å². The summed E-state index contributed by atoms with van der Waals surface area (Å²) in [5, 5.41) is 4.22. The third kappa shape index (κ3) is 3.56. The van der Waals surface area contributed by atoms with Crippen LogP contribution in [0.3, 0.4) is 0 Å². The van der Waals surface area contributed by atoms with Crippen LogP contribution in [0, 0.1) is 5.41 Å². The van der Waals surface area contributed by atoms with Gasteiger partial charge >= 0.3 is 0 Å². The molecule has 2 fully saturated rings. The van der Waals surface area contributed by atoms with Gasteiger partial charge in [0, 0.05) is 30.2 Å². The quantitative estimate of drug-likeness (QED) is 0.915. The zero-order valence-electron chi connectivity index (χ0n) is 12.9. The number of hydrogen-bond donors (Lipinski definition) is 1. The summed E-state index contributed by atoms with van der Waals surface area (Å²) in [6.07, 6.45) is 4.38. The molecule has 0 amide bonds. The van der Waals surface area contributed by atoms with Crippen molar-refractivity contribution in [3.05, 3.63) is 41.2 Å². The minimum Gasteiger partial charge on any atom is -0.444 e. The maximum Gasteiger partial charge on any atom is 0.226 e. The van der Waals surface area contributed by atoms with E-state index in [1.54, 1.807) is 6.26 Å². The van der Waals surface area contributed by atoms with E-state index in [-0.39, 0.29) is 12.4 Å². The number of hydrogen-bond acceptors (Lipinski definition) is 4. The summed E-state index contributed by atoms with van der Waals surface area (Å²) in [6, 6.07) is 7.59. The second-order valence-electron chi connectivity index (χ2n) is 6.54. The van der Waals surface area contributed by atoms with Crippen molar-refractivity contribution in [2.75, 3.05) is 26.2 Å². The van der Waals surface area contributed by atoms with Gasteiger partial charge in [-0.1, -0.05) is 11.6 Å². The van der Waals surface area contributed by atoms with E-state index in [9.17, 15) is 0 Å². The van der Waals surface area contributed by atoms with Crippen LogP contribution in [0.25, 0.3) is 11.5 Å². The first-order chi connectivity index (χ1) is 10.7. The van der Waals surface area contributed by atoms with Crippen LogP contribution in [0.4, 0.5) is 0 Å². The molecular formula is C17H21Cl2N3O. The van der Waals surface area contributed by atoms with Gasteiger partial charge in [-0.3, -0.25) is 4.90 Å². The molecule has 0 saturated carbocycles. The molecule has 0 radical (unpaired) electrons. The first-order valence-electron chi connectivity index (χ1n) is 7.86. The molecule has 23 heavy (non-hydrogen) atoms. The van der Waals surface area contributed by atoms with Crippen LogP contribution < -0.4 is 5.32 Å². The lowest BCUT2D eigenvalue weighted by molar-refractivity contribution is 0.266. The molecule has 0 aliphatic carbocycles. The molecule has 1 aromatic carbocycles. The molecule has 3 heterocycles. The second-order valence-corrected chi connectivity index (χ2v) is 6.97. The summed E-state index contributed by atoms with van der Waals surface area (Å²) in [6.45, 7) is 5.53. The van der Waals surface area contributed by atoms with Gasteiger partial charge in [0.15, 0.2) is 0 Å². The predicted octanol–water partition coefficient (Wildman–Crippen LogP) is 3.60. The highest BCUT2D eigenvalue weighted by Gasteiger charge is 2.40. The highest BCUT2D eigenvalue weighted by Crippen LogP contribution is 2.36. The van der Waals surface area contributed by atoms with E-state index >= 15 is 0 Å². The van der Waals surface area contributed by atoms with Crippen LogP contribution in [-0.4, -0.2) is 36.1 Å². The smallest absolute Gasteiger partial charge is 0.226 e. The predicted molar refractivity (Wildman–Crippen MR) is 94.0 cm³/mol. The van der Waals surface area contributed by atoms with Crippen LogP contribution in [0.5, 0.6) is 0 Å². The summed E-state index contributed by atoms with van der Waals surface area (Å²) in [5.41, 5.74) is 2.48. The summed E-state index contributed by atoms with van der Waals surface area (Å²) in [7, 11) is 0. The van der Waals surface area contributed by atoms with Gasteiger partial charge < -0.3 is 9.73 Å². The van der Waals surface area contributed by atoms with Gasteiger partial charge in [-0.25, -0.2) is 4.98 Å². The monoisotopic (exact) mass is 353 g/mol. The van der Waals surface area contributed by atoms with Crippen molar-refractivity contribution in [3.8, 4) is 11.5 Å². The zero-order chi connectivity index (χ0) is 15.0. The van der Waals surface area contributed by atoms with Gasteiger partial charge in [0.25, 0.3) is 0 Å². The number of nitrogens with zero attached hydrogens (tertiary/aromatic N) is 2. The third-order valence-corrected chi connectivity index (χ3v) is 5.13. The van der Waals surface area contributed by atoms with E-state index in [2.05, 4.69) is 15.2 Å². The van der Waals surface area contributed by atoms with E-state index < -0.39 is 0 Å². The average molecular weight is 354 g/mol. The number of oxazole rings is 1. The zero-order valence-corrected chi connectivity index (χ0v) is 14.5. The molecule has 1 aromatic heterocycles. The standard InChI is InChI=1S/C17H20ClN3O.ClH/c18-14-3-1-13(2-4-14)16-20-15(10-22-16)9-21-8-6-17(12-21)5-7-19-11-17;/h1-4,10,19H,5-9,11-12H2;1H. The van der Waals surface area contributed by atoms with E-state index in [0.29, 0.717) is 11.3 Å². The molecule has 0 bridgehead atoms. The molecule has 2 aliphatic rings. The minimum absolute atomic E-state index is 0. The number of nitrogens with one attached hydrogen (secondary N) is 1. The summed E-state index contributed by atoms with van der Waals surface area (Å²) in [4.78, 5) is 7.12. The Hall–Kier alpha value is -1.07. The first kappa shape index (κ1) is 16.8. The Labute approximate surface area is 147 Å². The van der Waals surface area contributed by atoms with E-state index in [1.807, 2.05) is 24.3 Å². The van der Waals surface area contributed by atoms with Crippen LogP contribution in [0.15, 0.2) is 34.9 Å². The molecular weight excluding hydrogens is 333 g/mol. The average Bonchev–Trinajstić information content (AvgIpc) is 3.24. The minimum atomic E-state index is 0. The largest absolute Gasteiger partial charge is 0.444 e. The van der Waals surface area contributed by atoms with Crippen molar-refractivity contribution in [1.29, 1.82) is 0 Å². The maximum absolute atomic E-state index is 5.91. The Morgan fingerprint density at radius 1 is 1.26 bits per heavy atom. The summed E-state index contributed by atoms with van der Waals surface area (Å²) in [5.74, 6) is 0.670. The number of rotatable bonds is 3. The Balaban J connectivity index is 0.00000156. The van der Waals surface area contributed by atoms with Gasteiger partial charge in [-0.05, 0) is 55.6 Å². The summed E-state index contributed by atoms with van der Waals surface area (Å²) >= 11 is 5.91. The Bertz CT molecular complexity index is 650. The van der Waals surface area contributed by atoms with Crippen molar-refractivity contribution < 1.29 is 4.42 Å². The van der Waals surface area contributed by atoms with E-state index in [1.165, 1.54) is 32.5 Å². The van der Waals surface area contributed by atoms with Crippen molar-refractivity contribution in [2.45, 2.75) is 19.4 Å². The Morgan fingerprint density at radius 2 is 2.09 bits per heavy atom. The molecule has 4 nitrogen and oxygen atoms in total. The first-order valence-corrected chi connectivity index (χ1v) is 8.24. The van der Waals surface area contributed by atoms with Crippen LogP contribution >= 0.6 is 24.0 Å². The van der Waals surface area contributed by atoms with E-state index in [4.69, 9.17) is 16.0 Å². The molecule has 124 valence electrons. The van der Waals surface area contributed by atoms with E-state index in [0.717, 1.165) is 29.4 Å². The topological polar surface area (TPSA) is 41.3 Å². The highest BCUT2D eigenvalue weighted by molar-refractivity contribution is 6.30. The van der Waals surface area contributed by atoms with Crippen LogP contribution in [0.2, 0.25) is 5.02 Å². The molecule has 1 atom stereocenters. The van der Waals surface area contributed by atoms with Crippen molar-refractivity contribution in [1.82, 2.24) is 15.2 Å². The van der Waals surface area contributed by atoms with Gasteiger partial charge in [0.1, 0.15) is 6.26 Å². The molecule has 2 aromatic rings.